The van der Waals surface area contributed by atoms with E-state index in [9.17, 15) is 18.3 Å². The van der Waals surface area contributed by atoms with Gasteiger partial charge in [0.2, 0.25) is 5.91 Å². The van der Waals surface area contributed by atoms with Gasteiger partial charge >= 0.3 is 0 Å². The Morgan fingerprint density at radius 1 is 1.39 bits per heavy atom. The van der Waals surface area contributed by atoms with Gasteiger partial charge < -0.3 is 20.5 Å². The Balaban J connectivity index is 2.16. The maximum atomic E-state index is 11.3. The molecular formula is C10H20N2O5S. The van der Waals surface area contributed by atoms with Crippen molar-refractivity contribution in [2.75, 3.05) is 38.3 Å². The van der Waals surface area contributed by atoms with Crippen LogP contribution in [0.4, 0.5) is 0 Å². The fourth-order valence-corrected chi connectivity index (χ4v) is 3.55. The predicted octanol–water partition coefficient (Wildman–Crippen LogP) is -2.11. The number of sulfone groups is 1. The first-order chi connectivity index (χ1) is 8.44. The minimum atomic E-state index is -3.14. The number of methoxy groups -OCH3 is 1. The van der Waals surface area contributed by atoms with Crippen LogP contribution < -0.4 is 10.6 Å². The second-order valence-corrected chi connectivity index (χ2v) is 6.45. The van der Waals surface area contributed by atoms with Gasteiger partial charge in [0, 0.05) is 32.7 Å². The zero-order valence-electron chi connectivity index (χ0n) is 10.4. The minimum absolute atomic E-state index is 0.0700. The summed E-state index contributed by atoms with van der Waals surface area (Å²) >= 11 is 0. The Kier molecular flexibility index (Phi) is 6.00. The van der Waals surface area contributed by atoms with E-state index in [1.807, 2.05) is 0 Å². The molecule has 1 aliphatic rings. The third-order valence-corrected chi connectivity index (χ3v) is 4.43. The van der Waals surface area contributed by atoms with Crippen molar-refractivity contribution in [2.45, 2.75) is 18.6 Å². The van der Waals surface area contributed by atoms with Gasteiger partial charge in [0.25, 0.3) is 0 Å². The minimum Gasteiger partial charge on any atom is -0.390 e. The lowest BCUT2D eigenvalue weighted by molar-refractivity contribution is -0.121. The molecule has 2 unspecified atom stereocenters. The van der Waals surface area contributed by atoms with Gasteiger partial charge in [0.1, 0.15) is 0 Å². The Morgan fingerprint density at radius 3 is 2.67 bits per heavy atom. The lowest BCUT2D eigenvalue weighted by Crippen LogP contribution is -2.41. The molecule has 8 heteroatoms. The standard InChI is InChI=1S/C10H20N2O5S/c1-17-5-4-12-10(14)2-3-11-8-6-18(15,16)7-9(8)13/h8-9,11,13H,2-7H2,1H3,(H,12,14). The van der Waals surface area contributed by atoms with Crippen molar-refractivity contribution in [3.63, 3.8) is 0 Å². The van der Waals surface area contributed by atoms with E-state index in [1.165, 1.54) is 0 Å². The molecule has 0 spiro atoms. The molecular weight excluding hydrogens is 260 g/mol. The molecule has 18 heavy (non-hydrogen) atoms. The molecule has 1 fully saturated rings. The van der Waals surface area contributed by atoms with Gasteiger partial charge in [0.05, 0.1) is 24.2 Å². The van der Waals surface area contributed by atoms with Crippen molar-refractivity contribution >= 4 is 15.7 Å². The molecule has 0 aromatic carbocycles. The summed E-state index contributed by atoms with van der Waals surface area (Å²) in [5, 5.41) is 15.0. The number of ether oxygens (including phenoxy) is 1. The molecule has 3 N–H and O–H groups in total. The summed E-state index contributed by atoms with van der Waals surface area (Å²) in [5.41, 5.74) is 0. The second kappa shape index (κ2) is 7.03. The maximum absolute atomic E-state index is 11.3. The SMILES string of the molecule is COCCNC(=O)CCNC1CS(=O)(=O)CC1O. The van der Waals surface area contributed by atoms with E-state index < -0.39 is 22.0 Å². The summed E-state index contributed by atoms with van der Waals surface area (Å²) in [6, 6.07) is -0.471. The molecule has 0 radical (unpaired) electrons. The van der Waals surface area contributed by atoms with Crippen LogP contribution in [0.2, 0.25) is 0 Å². The summed E-state index contributed by atoms with van der Waals surface area (Å²) in [6.45, 7) is 1.25. The average molecular weight is 280 g/mol. The number of rotatable bonds is 7. The Labute approximate surface area is 107 Å². The monoisotopic (exact) mass is 280 g/mol. The van der Waals surface area contributed by atoms with E-state index in [0.717, 1.165) is 0 Å². The van der Waals surface area contributed by atoms with Crippen LogP contribution in [-0.4, -0.2) is 69.9 Å². The van der Waals surface area contributed by atoms with Crippen LogP contribution in [0.25, 0.3) is 0 Å². The summed E-state index contributed by atoms with van der Waals surface area (Å²) in [6.07, 6.45) is -0.640. The molecule has 1 heterocycles. The highest BCUT2D eigenvalue weighted by Gasteiger charge is 2.35. The quantitative estimate of drug-likeness (QED) is 0.461. The molecule has 0 aliphatic carbocycles. The first kappa shape index (κ1) is 15.4. The van der Waals surface area contributed by atoms with E-state index in [2.05, 4.69) is 10.6 Å². The molecule has 1 amide bonds. The van der Waals surface area contributed by atoms with Gasteiger partial charge in [-0.2, -0.15) is 0 Å². The average Bonchev–Trinajstić information content (AvgIpc) is 2.52. The summed E-state index contributed by atoms with van der Waals surface area (Å²) in [5.74, 6) is -0.403. The summed E-state index contributed by atoms with van der Waals surface area (Å²) in [7, 11) is -1.59. The normalized spacial score (nSPS) is 26.1. The molecule has 106 valence electrons. The molecule has 2 atom stereocenters. The van der Waals surface area contributed by atoms with Gasteiger partial charge in [-0.1, -0.05) is 0 Å². The van der Waals surface area contributed by atoms with E-state index in [4.69, 9.17) is 4.74 Å². The van der Waals surface area contributed by atoms with Crippen molar-refractivity contribution < 1.29 is 23.1 Å². The molecule has 0 bridgehead atoms. The summed E-state index contributed by atoms with van der Waals surface area (Å²) < 4.78 is 27.2. The predicted molar refractivity (Wildman–Crippen MR) is 66.0 cm³/mol. The number of carbonyl (C=O) groups is 1. The lowest BCUT2D eigenvalue weighted by atomic mass is 10.2. The topological polar surface area (TPSA) is 105 Å². The van der Waals surface area contributed by atoms with Crippen LogP contribution in [0.15, 0.2) is 0 Å². The van der Waals surface area contributed by atoms with Crippen molar-refractivity contribution in [3.05, 3.63) is 0 Å². The Morgan fingerprint density at radius 2 is 2.11 bits per heavy atom. The van der Waals surface area contributed by atoms with Gasteiger partial charge in [-0.15, -0.1) is 0 Å². The highest BCUT2D eigenvalue weighted by molar-refractivity contribution is 7.91. The van der Waals surface area contributed by atoms with Gasteiger partial charge in [-0.25, -0.2) is 8.42 Å². The van der Waals surface area contributed by atoms with E-state index in [-0.39, 0.29) is 23.8 Å². The van der Waals surface area contributed by atoms with Crippen LogP contribution in [0, 0.1) is 0 Å². The Bertz CT molecular complexity index is 370. The molecule has 1 aliphatic heterocycles. The molecule has 0 aromatic rings. The lowest BCUT2D eigenvalue weighted by Gasteiger charge is -2.14. The third kappa shape index (κ3) is 5.30. The second-order valence-electron chi connectivity index (χ2n) is 4.30. The summed E-state index contributed by atoms with van der Waals surface area (Å²) in [4.78, 5) is 11.3. The van der Waals surface area contributed by atoms with Crippen molar-refractivity contribution in [1.29, 1.82) is 0 Å². The number of aliphatic hydroxyl groups is 1. The molecule has 7 nitrogen and oxygen atoms in total. The number of hydrogen-bond acceptors (Lipinski definition) is 6. The van der Waals surface area contributed by atoms with Crippen LogP contribution in [0.3, 0.4) is 0 Å². The molecule has 1 saturated heterocycles. The zero-order chi connectivity index (χ0) is 13.6. The number of carbonyl (C=O) groups excluding carboxylic acids is 1. The highest BCUT2D eigenvalue weighted by Crippen LogP contribution is 2.12. The van der Waals surface area contributed by atoms with Crippen LogP contribution in [0.5, 0.6) is 0 Å². The first-order valence-electron chi connectivity index (χ1n) is 5.82. The van der Waals surface area contributed by atoms with Crippen LogP contribution >= 0.6 is 0 Å². The number of amides is 1. The molecule has 0 saturated carbocycles. The molecule has 1 rings (SSSR count). The third-order valence-electron chi connectivity index (χ3n) is 2.71. The van der Waals surface area contributed by atoms with Gasteiger partial charge in [0.15, 0.2) is 9.84 Å². The fourth-order valence-electron chi connectivity index (χ4n) is 1.78. The highest BCUT2D eigenvalue weighted by atomic mass is 32.2. The Hall–Kier alpha value is -0.700. The number of nitrogens with one attached hydrogen (secondary N) is 2. The number of aliphatic hydroxyl groups excluding tert-OH is 1. The largest absolute Gasteiger partial charge is 0.390 e. The first-order valence-corrected chi connectivity index (χ1v) is 7.64. The van der Waals surface area contributed by atoms with Crippen molar-refractivity contribution in [3.8, 4) is 0 Å². The molecule has 0 aromatic heterocycles. The fraction of sp³-hybridized carbons (Fsp3) is 0.900. The van der Waals surface area contributed by atoms with Gasteiger partial charge in [-0.05, 0) is 0 Å². The van der Waals surface area contributed by atoms with Crippen molar-refractivity contribution in [2.24, 2.45) is 0 Å². The van der Waals surface area contributed by atoms with E-state index in [1.54, 1.807) is 7.11 Å². The maximum Gasteiger partial charge on any atom is 0.221 e. The van der Waals surface area contributed by atoms with E-state index in [0.29, 0.717) is 19.7 Å². The van der Waals surface area contributed by atoms with E-state index >= 15 is 0 Å². The van der Waals surface area contributed by atoms with Crippen molar-refractivity contribution in [1.82, 2.24) is 10.6 Å². The van der Waals surface area contributed by atoms with Crippen LogP contribution in [0.1, 0.15) is 6.42 Å². The van der Waals surface area contributed by atoms with Crippen LogP contribution in [-0.2, 0) is 19.4 Å². The zero-order valence-corrected chi connectivity index (χ0v) is 11.2. The van der Waals surface area contributed by atoms with Gasteiger partial charge in [-0.3, -0.25) is 4.79 Å². The number of hydrogen-bond donors (Lipinski definition) is 3. The smallest absolute Gasteiger partial charge is 0.221 e.